The van der Waals surface area contributed by atoms with Gasteiger partial charge in [0.15, 0.2) is 0 Å². The molecular weight excluding hydrogens is 226 g/mol. The van der Waals surface area contributed by atoms with Crippen LogP contribution in [0.4, 0.5) is 5.69 Å². The molecule has 0 aliphatic carbocycles. The van der Waals surface area contributed by atoms with Crippen LogP contribution in [0, 0.1) is 0 Å². The van der Waals surface area contributed by atoms with E-state index >= 15 is 0 Å². The highest BCUT2D eigenvalue weighted by molar-refractivity contribution is 5.90. The number of benzene rings is 1. The molecule has 0 bridgehead atoms. The molecule has 94 valence electrons. The van der Waals surface area contributed by atoms with Crippen LogP contribution in [-0.2, 0) is 17.9 Å². The highest BCUT2D eigenvalue weighted by Crippen LogP contribution is 2.06. The number of amides is 1. The van der Waals surface area contributed by atoms with Crippen molar-refractivity contribution in [2.75, 3.05) is 12.4 Å². The normalized spacial score (nSPS) is 10.3. The van der Waals surface area contributed by atoms with Gasteiger partial charge in [0.1, 0.15) is 6.54 Å². The van der Waals surface area contributed by atoms with Crippen molar-refractivity contribution in [3.63, 3.8) is 0 Å². The van der Waals surface area contributed by atoms with Crippen molar-refractivity contribution in [2.45, 2.75) is 13.1 Å². The zero-order valence-electron chi connectivity index (χ0n) is 10.4. The number of hydrogen-bond donors (Lipinski definition) is 2. The van der Waals surface area contributed by atoms with Crippen LogP contribution >= 0.6 is 0 Å². The van der Waals surface area contributed by atoms with Crippen LogP contribution < -0.4 is 10.6 Å². The van der Waals surface area contributed by atoms with Gasteiger partial charge in [-0.3, -0.25) is 4.79 Å². The van der Waals surface area contributed by atoms with Crippen molar-refractivity contribution in [1.29, 1.82) is 0 Å². The number of carbonyl (C=O) groups is 1. The Morgan fingerprint density at radius 3 is 2.67 bits per heavy atom. The average molecular weight is 243 g/mol. The molecule has 4 heteroatoms. The van der Waals surface area contributed by atoms with E-state index in [-0.39, 0.29) is 5.91 Å². The summed E-state index contributed by atoms with van der Waals surface area (Å²) in [5, 5.41) is 5.95. The molecule has 2 aromatic rings. The molecule has 1 aromatic carbocycles. The van der Waals surface area contributed by atoms with Crippen molar-refractivity contribution in [2.24, 2.45) is 0 Å². The van der Waals surface area contributed by atoms with E-state index in [1.807, 2.05) is 60.3 Å². The topological polar surface area (TPSA) is 46.1 Å². The molecule has 2 N–H and O–H groups in total. The molecule has 4 nitrogen and oxygen atoms in total. The fraction of sp³-hybridized carbons (Fsp3) is 0.214. The smallest absolute Gasteiger partial charge is 0.244 e. The first-order chi connectivity index (χ1) is 8.79. The Bertz CT molecular complexity index is 505. The van der Waals surface area contributed by atoms with Gasteiger partial charge in [-0.2, -0.15) is 0 Å². The lowest BCUT2D eigenvalue weighted by molar-refractivity contribution is -0.116. The van der Waals surface area contributed by atoms with Gasteiger partial charge in [-0.1, -0.05) is 18.2 Å². The lowest BCUT2D eigenvalue weighted by Gasteiger charge is -2.09. The molecule has 0 aliphatic heterocycles. The third kappa shape index (κ3) is 3.21. The summed E-state index contributed by atoms with van der Waals surface area (Å²) in [6, 6.07) is 13.4. The average Bonchev–Trinajstić information content (AvgIpc) is 2.78. The van der Waals surface area contributed by atoms with Crippen LogP contribution in [0.25, 0.3) is 0 Å². The second-order valence-electron chi connectivity index (χ2n) is 4.07. The minimum absolute atomic E-state index is 0.0187. The van der Waals surface area contributed by atoms with E-state index in [2.05, 4.69) is 10.6 Å². The van der Waals surface area contributed by atoms with Crippen molar-refractivity contribution >= 4 is 11.6 Å². The maximum atomic E-state index is 11.9. The lowest BCUT2D eigenvalue weighted by atomic mass is 10.3. The number of nitrogens with zero attached hydrogens (tertiary/aromatic N) is 1. The Morgan fingerprint density at radius 2 is 1.94 bits per heavy atom. The van der Waals surface area contributed by atoms with Gasteiger partial charge in [-0.15, -0.1) is 0 Å². The van der Waals surface area contributed by atoms with E-state index in [0.717, 1.165) is 17.9 Å². The Hall–Kier alpha value is -2.07. The van der Waals surface area contributed by atoms with Crippen molar-refractivity contribution < 1.29 is 4.79 Å². The predicted molar refractivity (Wildman–Crippen MR) is 72.3 cm³/mol. The fourth-order valence-electron chi connectivity index (χ4n) is 1.82. The number of aromatic nitrogens is 1. The summed E-state index contributed by atoms with van der Waals surface area (Å²) in [6.07, 6.45) is 1.91. The third-order valence-electron chi connectivity index (χ3n) is 2.65. The van der Waals surface area contributed by atoms with Crippen molar-refractivity contribution in [3.05, 3.63) is 54.4 Å². The SMILES string of the molecule is CNCc1cccn1CC(=O)Nc1ccccc1. The number of hydrogen-bond acceptors (Lipinski definition) is 2. The largest absolute Gasteiger partial charge is 0.341 e. The summed E-state index contributed by atoms with van der Waals surface area (Å²) < 4.78 is 1.94. The summed E-state index contributed by atoms with van der Waals surface area (Å²) in [5.41, 5.74) is 1.92. The van der Waals surface area contributed by atoms with E-state index in [4.69, 9.17) is 0 Å². The van der Waals surface area contributed by atoms with Gasteiger partial charge < -0.3 is 15.2 Å². The van der Waals surface area contributed by atoms with Crippen LogP contribution in [0.1, 0.15) is 5.69 Å². The molecule has 0 unspecified atom stereocenters. The Morgan fingerprint density at radius 1 is 1.17 bits per heavy atom. The molecule has 0 spiro atoms. The first kappa shape index (κ1) is 12.4. The molecule has 0 saturated carbocycles. The summed E-state index contributed by atoms with van der Waals surface area (Å²) in [5.74, 6) is -0.0187. The van der Waals surface area contributed by atoms with E-state index < -0.39 is 0 Å². The first-order valence-corrected chi connectivity index (χ1v) is 5.93. The van der Waals surface area contributed by atoms with E-state index in [9.17, 15) is 4.79 Å². The van der Waals surface area contributed by atoms with E-state index in [1.165, 1.54) is 0 Å². The summed E-state index contributed by atoms with van der Waals surface area (Å²) in [4.78, 5) is 11.9. The Kier molecular flexibility index (Phi) is 4.15. The zero-order chi connectivity index (χ0) is 12.8. The standard InChI is InChI=1S/C14H17N3O/c1-15-10-13-8-5-9-17(13)11-14(18)16-12-6-3-2-4-7-12/h2-9,15H,10-11H2,1H3,(H,16,18). The van der Waals surface area contributed by atoms with Gasteiger partial charge in [0.2, 0.25) is 5.91 Å². The summed E-state index contributed by atoms with van der Waals surface area (Å²) in [6.45, 7) is 1.09. The third-order valence-corrected chi connectivity index (χ3v) is 2.65. The molecule has 1 aromatic heterocycles. The van der Waals surface area contributed by atoms with Gasteiger partial charge in [0.05, 0.1) is 0 Å². The van der Waals surface area contributed by atoms with Crippen LogP contribution in [0.15, 0.2) is 48.7 Å². The molecule has 1 amide bonds. The molecule has 0 radical (unpaired) electrons. The molecule has 0 aliphatic rings. The molecule has 0 fully saturated rings. The molecular formula is C14H17N3O. The highest BCUT2D eigenvalue weighted by atomic mass is 16.1. The van der Waals surface area contributed by atoms with Crippen LogP contribution in [0.2, 0.25) is 0 Å². The molecule has 18 heavy (non-hydrogen) atoms. The fourth-order valence-corrected chi connectivity index (χ4v) is 1.82. The van der Waals surface area contributed by atoms with Gasteiger partial charge in [-0.05, 0) is 31.3 Å². The number of carbonyl (C=O) groups excluding carboxylic acids is 1. The van der Waals surface area contributed by atoms with Gasteiger partial charge in [0.25, 0.3) is 0 Å². The first-order valence-electron chi connectivity index (χ1n) is 5.93. The summed E-state index contributed by atoms with van der Waals surface area (Å²) >= 11 is 0. The number of para-hydroxylation sites is 1. The van der Waals surface area contributed by atoms with Crippen molar-refractivity contribution in [1.82, 2.24) is 9.88 Å². The number of anilines is 1. The minimum Gasteiger partial charge on any atom is -0.341 e. The summed E-state index contributed by atoms with van der Waals surface area (Å²) in [7, 11) is 1.89. The Labute approximate surface area is 107 Å². The molecule has 1 heterocycles. The second-order valence-corrected chi connectivity index (χ2v) is 4.07. The second kappa shape index (κ2) is 6.02. The molecule has 0 saturated heterocycles. The minimum atomic E-state index is -0.0187. The highest BCUT2D eigenvalue weighted by Gasteiger charge is 2.06. The van der Waals surface area contributed by atoms with Gasteiger partial charge in [0, 0.05) is 24.1 Å². The van der Waals surface area contributed by atoms with E-state index in [1.54, 1.807) is 0 Å². The predicted octanol–water partition coefficient (Wildman–Crippen LogP) is 1.85. The maximum absolute atomic E-state index is 11.9. The number of rotatable bonds is 5. The molecule has 0 atom stereocenters. The Balaban J connectivity index is 1.97. The van der Waals surface area contributed by atoms with Gasteiger partial charge in [-0.25, -0.2) is 0 Å². The monoisotopic (exact) mass is 243 g/mol. The van der Waals surface area contributed by atoms with Crippen molar-refractivity contribution in [3.8, 4) is 0 Å². The van der Waals surface area contributed by atoms with Crippen LogP contribution in [0.5, 0.6) is 0 Å². The van der Waals surface area contributed by atoms with Gasteiger partial charge >= 0.3 is 0 Å². The maximum Gasteiger partial charge on any atom is 0.244 e. The molecule has 2 rings (SSSR count). The number of nitrogens with one attached hydrogen (secondary N) is 2. The van der Waals surface area contributed by atoms with Crippen LogP contribution in [0.3, 0.4) is 0 Å². The van der Waals surface area contributed by atoms with E-state index in [0.29, 0.717) is 6.54 Å². The lowest BCUT2D eigenvalue weighted by Crippen LogP contribution is -2.20. The quantitative estimate of drug-likeness (QED) is 0.841. The zero-order valence-corrected chi connectivity index (χ0v) is 10.4. The van der Waals surface area contributed by atoms with Crippen LogP contribution in [-0.4, -0.2) is 17.5 Å².